The van der Waals surface area contributed by atoms with Crippen LogP contribution in [-0.4, -0.2) is 81.4 Å². The van der Waals surface area contributed by atoms with Crippen LogP contribution in [0.2, 0.25) is 0 Å². The third-order valence-electron chi connectivity index (χ3n) is 7.34. The van der Waals surface area contributed by atoms with Gasteiger partial charge >= 0.3 is 0 Å². The van der Waals surface area contributed by atoms with Crippen molar-refractivity contribution in [2.24, 2.45) is 0 Å². The van der Waals surface area contributed by atoms with Gasteiger partial charge in [-0.25, -0.2) is 14.6 Å². The number of hydrogen-bond donors (Lipinski definition) is 1. The van der Waals surface area contributed by atoms with Crippen molar-refractivity contribution in [2.45, 2.75) is 18.5 Å². The van der Waals surface area contributed by atoms with Crippen LogP contribution in [0.3, 0.4) is 0 Å². The molecule has 0 unspecified atom stereocenters. The number of rotatable bonds is 8. The van der Waals surface area contributed by atoms with Crippen LogP contribution in [-0.2, 0) is 9.53 Å². The van der Waals surface area contributed by atoms with Crippen LogP contribution in [0.15, 0.2) is 73.1 Å². The molecule has 4 heterocycles. The summed E-state index contributed by atoms with van der Waals surface area (Å²) in [5.74, 6) is 1.88. The van der Waals surface area contributed by atoms with Gasteiger partial charge in [0, 0.05) is 31.3 Å². The molecule has 2 saturated heterocycles. The minimum absolute atomic E-state index is 0.00980. The highest BCUT2D eigenvalue weighted by molar-refractivity contribution is 5.98. The molecule has 1 amide bonds. The van der Waals surface area contributed by atoms with Gasteiger partial charge in [-0.15, -0.1) is 0 Å². The topological polar surface area (TPSA) is 112 Å². The number of benzene rings is 2. The standard InChI is InChI=1S/C29H31N7O3/c1-34(22-17-38-18-22)14-5-8-25(37)35-15-13-21(16-35)36-29-26(28(30)31-19-32-29)27(33-36)20-9-11-24(12-10-20)39-23-6-3-2-4-7-23/h2-12,19,21-22H,13-18H2,1H3,(H2,30,31,32)/b8-5+/t21-/m1/s1. The molecule has 2 fully saturated rings. The molecule has 39 heavy (non-hydrogen) atoms. The van der Waals surface area contributed by atoms with E-state index in [9.17, 15) is 4.79 Å². The van der Waals surface area contributed by atoms with Gasteiger partial charge < -0.3 is 20.1 Å². The molecule has 0 bridgehead atoms. The molecule has 0 saturated carbocycles. The van der Waals surface area contributed by atoms with Crippen LogP contribution < -0.4 is 10.5 Å². The summed E-state index contributed by atoms with van der Waals surface area (Å²) in [6, 6.07) is 17.8. The maximum atomic E-state index is 12.9. The minimum Gasteiger partial charge on any atom is -0.457 e. The Labute approximate surface area is 226 Å². The summed E-state index contributed by atoms with van der Waals surface area (Å²) in [5, 5.41) is 5.66. The van der Waals surface area contributed by atoms with Crippen molar-refractivity contribution >= 4 is 22.8 Å². The highest BCUT2D eigenvalue weighted by atomic mass is 16.5. The zero-order valence-electron chi connectivity index (χ0n) is 21.8. The van der Waals surface area contributed by atoms with E-state index in [4.69, 9.17) is 20.3 Å². The molecule has 6 rings (SSSR count). The number of nitrogens with two attached hydrogens (primary N) is 1. The summed E-state index contributed by atoms with van der Waals surface area (Å²) < 4.78 is 13.1. The van der Waals surface area contributed by atoms with Crippen LogP contribution in [0.1, 0.15) is 12.5 Å². The van der Waals surface area contributed by atoms with Gasteiger partial charge in [0.05, 0.1) is 30.7 Å². The van der Waals surface area contributed by atoms with Gasteiger partial charge in [-0.2, -0.15) is 5.10 Å². The first-order chi connectivity index (χ1) is 19.1. The van der Waals surface area contributed by atoms with Gasteiger partial charge in [0.15, 0.2) is 5.65 Å². The number of likely N-dealkylation sites (N-methyl/N-ethyl adjacent to an activating group) is 1. The zero-order valence-corrected chi connectivity index (χ0v) is 21.8. The Kier molecular flexibility index (Phi) is 6.95. The quantitative estimate of drug-likeness (QED) is 0.348. The second-order valence-electron chi connectivity index (χ2n) is 9.95. The number of carbonyl (C=O) groups is 1. The molecule has 0 spiro atoms. The third-order valence-corrected chi connectivity index (χ3v) is 7.34. The monoisotopic (exact) mass is 525 g/mol. The van der Waals surface area contributed by atoms with Gasteiger partial charge in [0.25, 0.3) is 0 Å². The fraction of sp³-hybridized carbons (Fsp3) is 0.310. The predicted molar refractivity (Wildman–Crippen MR) is 148 cm³/mol. The van der Waals surface area contributed by atoms with Crippen molar-refractivity contribution in [2.75, 3.05) is 45.6 Å². The van der Waals surface area contributed by atoms with E-state index in [1.807, 2.05) is 77.3 Å². The van der Waals surface area contributed by atoms with E-state index in [0.717, 1.165) is 43.2 Å². The Hall–Kier alpha value is -4.28. The number of fused-ring (bicyclic) bond motifs is 1. The van der Waals surface area contributed by atoms with Gasteiger partial charge in [0.1, 0.15) is 29.3 Å². The van der Waals surface area contributed by atoms with E-state index in [1.54, 1.807) is 6.08 Å². The van der Waals surface area contributed by atoms with Crippen molar-refractivity contribution in [1.29, 1.82) is 0 Å². The molecule has 10 nitrogen and oxygen atoms in total. The van der Waals surface area contributed by atoms with Crippen LogP contribution in [0, 0.1) is 0 Å². The minimum atomic E-state index is -0.0108. The maximum Gasteiger partial charge on any atom is 0.246 e. The number of likely N-dealkylation sites (tertiary alicyclic amines) is 1. The smallest absolute Gasteiger partial charge is 0.246 e. The third kappa shape index (κ3) is 5.21. The Bertz CT molecular complexity index is 1480. The molecule has 2 N–H and O–H groups in total. The average Bonchev–Trinajstić information content (AvgIpc) is 3.55. The number of hydrogen-bond acceptors (Lipinski definition) is 8. The van der Waals surface area contributed by atoms with Crippen LogP contribution in [0.5, 0.6) is 11.5 Å². The van der Waals surface area contributed by atoms with E-state index in [2.05, 4.69) is 14.9 Å². The number of nitrogens with zero attached hydrogens (tertiary/aromatic N) is 6. The fourth-order valence-electron chi connectivity index (χ4n) is 4.95. The number of para-hydroxylation sites is 1. The molecule has 4 aromatic rings. The summed E-state index contributed by atoms with van der Waals surface area (Å²) in [4.78, 5) is 25.7. The lowest BCUT2D eigenvalue weighted by Crippen LogP contribution is -2.47. The molecule has 0 aliphatic carbocycles. The summed E-state index contributed by atoms with van der Waals surface area (Å²) in [6.07, 6.45) is 5.84. The normalized spacial score (nSPS) is 17.8. The first-order valence-corrected chi connectivity index (χ1v) is 13.1. The Morgan fingerprint density at radius 3 is 2.64 bits per heavy atom. The molecule has 2 aliphatic heterocycles. The van der Waals surface area contributed by atoms with Gasteiger partial charge in [-0.05, 0) is 49.9 Å². The number of ether oxygens (including phenoxy) is 2. The number of anilines is 1. The van der Waals surface area contributed by atoms with Gasteiger partial charge in [-0.3, -0.25) is 9.69 Å². The maximum absolute atomic E-state index is 12.9. The Balaban J connectivity index is 1.19. The van der Waals surface area contributed by atoms with Crippen molar-refractivity contribution in [3.05, 3.63) is 73.1 Å². The summed E-state index contributed by atoms with van der Waals surface area (Å²) in [5.41, 5.74) is 8.58. The number of carbonyl (C=O) groups excluding carboxylic acids is 1. The lowest BCUT2D eigenvalue weighted by Gasteiger charge is -2.33. The lowest BCUT2D eigenvalue weighted by molar-refractivity contribution is -0.125. The second kappa shape index (κ2) is 10.8. The van der Waals surface area contributed by atoms with E-state index in [0.29, 0.717) is 41.7 Å². The molecule has 200 valence electrons. The zero-order chi connectivity index (χ0) is 26.8. The van der Waals surface area contributed by atoms with Crippen molar-refractivity contribution in [3.8, 4) is 22.8 Å². The van der Waals surface area contributed by atoms with E-state index < -0.39 is 0 Å². The molecule has 2 aliphatic rings. The first kappa shape index (κ1) is 25.0. The van der Waals surface area contributed by atoms with Gasteiger partial charge in [0.2, 0.25) is 5.91 Å². The number of amides is 1. The first-order valence-electron chi connectivity index (χ1n) is 13.1. The summed E-state index contributed by atoms with van der Waals surface area (Å²) in [6.45, 7) is 3.44. The van der Waals surface area contributed by atoms with Gasteiger partial charge in [-0.1, -0.05) is 24.3 Å². The lowest BCUT2D eigenvalue weighted by atomic mass is 10.1. The summed E-state index contributed by atoms with van der Waals surface area (Å²) >= 11 is 0. The Morgan fingerprint density at radius 2 is 1.90 bits per heavy atom. The SMILES string of the molecule is CN(C/C=C/C(=O)N1CC[C@@H](n2nc(-c3ccc(Oc4ccccc4)cc3)c3c(N)ncnc32)C1)C1COC1. The average molecular weight is 526 g/mol. The number of nitrogen functional groups attached to an aromatic ring is 1. The predicted octanol–water partition coefficient (Wildman–Crippen LogP) is 3.53. The molecule has 0 radical (unpaired) electrons. The highest BCUT2D eigenvalue weighted by Gasteiger charge is 2.30. The molecular formula is C29H31N7O3. The van der Waals surface area contributed by atoms with E-state index in [-0.39, 0.29) is 11.9 Å². The van der Waals surface area contributed by atoms with Crippen molar-refractivity contribution in [3.63, 3.8) is 0 Å². The van der Waals surface area contributed by atoms with E-state index in [1.165, 1.54) is 6.33 Å². The van der Waals surface area contributed by atoms with Crippen LogP contribution >= 0.6 is 0 Å². The number of aromatic nitrogens is 4. The molecule has 10 heteroatoms. The van der Waals surface area contributed by atoms with Crippen LogP contribution in [0.25, 0.3) is 22.3 Å². The largest absolute Gasteiger partial charge is 0.457 e. The van der Waals surface area contributed by atoms with Crippen LogP contribution in [0.4, 0.5) is 5.82 Å². The fourth-order valence-corrected chi connectivity index (χ4v) is 4.95. The second-order valence-corrected chi connectivity index (χ2v) is 9.95. The van der Waals surface area contributed by atoms with E-state index >= 15 is 0 Å². The molecule has 2 aromatic heterocycles. The van der Waals surface area contributed by atoms with Crippen molar-refractivity contribution in [1.82, 2.24) is 29.5 Å². The van der Waals surface area contributed by atoms with Crippen molar-refractivity contribution < 1.29 is 14.3 Å². The summed E-state index contributed by atoms with van der Waals surface area (Å²) in [7, 11) is 2.05. The highest BCUT2D eigenvalue weighted by Crippen LogP contribution is 2.35. The Morgan fingerprint density at radius 1 is 1.13 bits per heavy atom. The molecule has 2 aromatic carbocycles. The molecular weight excluding hydrogens is 494 g/mol. The molecule has 1 atom stereocenters.